The number of hydrogen-bond donors (Lipinski definition) is 0. The van der Waals surface area contributed by atoms with E-state index in [4.69, 9.17) is 4.98 Å². The normalized spacial score (nSPS) is 11.6. The molecule has 31 heavy (non-hydrogen) atoms. The van der Waals surface area contributed by atoms with E-state index in [1.807, 2.05) is 44.3 Å². The van der Waals surface area contributed by atoms with Gasteiger partial charge in [-0.25, -0.2) is 4.98 Å². The van der Waals surface area contributed by atoms with Crippen LogP contribution in [0.25, 0.3) is 16.6 Å². The SMILES string of the molecule is CCCCc1nc2ccc(Br)cc2c(=O)n1N=Cc1cc(C)n(-c2cccnc2)c1C. The predicted molar refractivity (Wildman–Crippen MR) is 128 cm³/mol. The highest BCUT2D eigenvalue weighted by molar-refractivity contribution is 9.10. The first-order chi connectivity index (χ1) is 15.0. The number of benzene rings is 1. The largest absolute Gasteiger partial charge is 0.316 e. The summed E-state index contributed by atoms with van der Waals surface area (Å²) >= 11 is 3.45. The lowest BCUT2D eigenvalue weighted by Crippen LogP contribution is -2.22. The van der Waals surface area contributed by atoms with Gasteiger partial charge in [0.25, 0.3) is 5.56 Å². The topological polar surface area (TPSA) is 65.1 Å². The molecule has 0 saturated carbocycles. The molecule has 3 aromatic heterocycles. The van der Waals surface area contributed by atoms with Crippen LogP contribution in [0.2, 0.25) is 0 Å². The second-order valence-electron chi connectivity index (χ2n) is 7.53. The van der Waals surface area contributed by atoms with Crippen molar-refractivity contribution in [1.82, 2.24) is 19.2 Å². The van der Waals surface area contributed by atoms with E-state index in [-0.39, 0.29) is 5.56 Å². The minimum absolute atomic E-state index is 0.158. The maximum atomic E-state index is 13.2. The molecule has 3 heterocycles. The van der Waals surface area contributed by atoms with Gasteiger partial charge in [-0.15, -0.1) is 0 Å². The molecule has 0 aliphatic rings. The molecule has 0 spiro atoms. The van der Waals surface area contributed by atoms with Crippen molar-refractivity contribution < 1.29 is 0 Å². The van der Waals surface area contributed by atoms with Crippen molar-refractivity contribution >= 4 is 33.0 Å². The van der Waals surface area contributed by atoms with Crippen molar-refractivity contribution in [2.24, 2.45) is 5.10 Å². The lowest BCUT2D eigenvalue weighted by Gasteiger charge is -2.10. The second-order valence-corrected chi connectivity index (χ2v) is 8.44. The van der Waals surface area contributed by atoms with Crippen LogP contribution >= 0.6 is 15.9 Å². The summed E-state index contributed by atoms with van der Waals surface area (Å²) in [4.78, 5) is 22.2. The molecule has 0 unspecified atom stereocenters. The van der Waals surface area contributed by atoms with Crippen molar-refractivity contribution in [2.75, 3.05) is 0 Å². The Labute approximate surface area is 189 Å². The summed E-state index contributed by atoms with van der Waals surface area (Å²) in [7, 11) is 0. The smallest absolute Gasteiger partial charge is 0.282 e. The average Bonchev–Trinajstić information content (AvgIpc) is 3.05. The summed E-state index contributed by atoms with van der Waals surface area (Å²) in [5.74, 6) is 0.680. The summed E-state index contributed by atoms with van der Waals surface area (Å²) in [5.41, 5.74) is 4.59. The van der Waals surface area contributed by atoms with Crippen LogP contribution < -0.4 is 5.56 Å². The molecule has 0 aliphatic heterocycles. The number of fused-ring (bicyclic) bond motifs is 1. The third-order valence-corrected chi connectivity index (χ3v) is 5.81. The first-order valence-electron chi connectivity index (χ1n) is 10.3. The lowest BCUT2D eigenvalue weighted by molar-refractivity contribution is 0.675. The summed E-state index contributed by atoms with van der Waals surface area (Å²) in [5, 5.41) is 5.14. The fourth-order valence-electron chi connectivity index (χ4n) is 3.73. The molecule has 0 aliphatic carbocycles. The molecular weight excluding hydrogens is 454 g/mol. The Morgan fingerprint density at radius 3 is 2.77 bits per heavy atom. The fraction of sp³-hybridized carbons (Fsp3) is 0.250. The number of hydrogen-bond acceptors (Lipinski definition) is 4. The summed E-state index contributed by atoms with van der Waals surface area (Å²) in [6.45, 7) is 6.21. The van der Waals surface area contributed by atoms with Crippen molar-refractivity contribution in [3.63, 3.8) is 0 Å². The van der Waals surface area contributed by atoms with Gasteiger partial charge >= 0.3 is 0 Å². The Morgan fingerprint density at radius 2 is 2.03 bits per heavy atom. The fourth-order valence-corrected chi connectivity index (χ4v) is 4.09. The molecule has 4 aromatic rings. The van der Waals surface area contributed by atoms with E-state index >= 15 is 0 Å². The van der Waals surface area contributed by atoms with E-state index in [9.17, 15) is 4.79 Å². The van der Waals surface area contributed by atoms with Gasteiger partial charge in [-0.05, 0) is 56.7 Å². The zero-order chi connectivity index (χ0) is 22.0. The molecule has 6 nitrogen and oxygen atoms in total. The number of aromatic nitrogens is 4. The second kappa shape index (κ2) is 8.98. The molecule has 0 N–H and O–H groups in total. The van der Waals surface area contributed by atoms with Crippen molar-refractivity contribution in [2.45, 2.75) is 40.0 Å². The molecular formula is C24H24BrN5O. The third-order valence-electron chi connectivity index (χ3n) is 5.32. The molecule has 0 atom stereocenters. The van der Waals surface area contributed by atoms with Crippen LogP contribution in [0, 0.1) is 13.8 Å². The maximum absolute atomic E-state index is 13.2. The van der Waals surface area contributed by atoms with Crippen molar-refractivity contribution in [3.05, 3.63) is 86.4 Å². The van der Waals surface area contributed by atoms with Crippen molar-refractivity contribution in [3.8, 4) is 5.69 Å². The zero-order valence-electron chi connectivity index (χ0n) is 17.8. The molecule has 0 bridgehead atoms. The van der Waals surface area contributed by atoms with Crippen LogP contribution in [0.1, 0.15) is 42.5 Å². The summed E-state index contributed by atoms with van der Waals surface area (Å²) in [6, 6.07) is 11.6. The van der Waals surface area contributed by atoms with E-state index in [0.29, 0.717) is 23.1 Å². The van der Waals surface area contributed by atoms with Gasteiger partial charge in [0.2, 0.25) is 0 Å². The highest BCUT2D eigenvalue weighted by Gasteiger charge is 2.13. The lowest BCUT2D eigenvalue weighted by atomic mass is 10.2. The van der Waals surface area contributed by atoms with E-state index in [1.165, 1.54) is 4.68 Å². The van der Waals surface area contributed by atoms with Crippen LogP contribution in [0.3, 0.4) is 0 Å². The molecule has 0 saturated heterocycles. The number of rotatable bonds is 6. The van der Waals surface area contributed by atoms with Crippen LogP contribution in [-0.2, 0) is 6.42 Å². The molecule has 7 heteroatoms. The Hall–Kier alpha value is -3.06. The van der Waals surface area contributed by atoms with Crippen LogP contribution in [0.4, 0.5) is 0 Å². The number of pyridine rings is 1. The van der Waals surface area contributed by atoms with Crippen molar-refractivity contribution in [1.29, 1.82) is 0 Å². The quantitative estimate of drug-likeness (QED) is 0.359. The zero-order valence-corrected chi connectivity index (χ0v) is 19.4. The number of halogens is 1. The van der Waals surface area contributed by atoms with Gasteiger partial charge in [0.05, 0.1) is 29.0 Å². The van der Waals surface area contributed by atoms with E-state index in [0.717, 1.165) is 40.0 Å². The van der Waals surface area contributed by atoms with Gasteiger partial charge < -0.3 is 4.57 Å². The van der Waals surface area contributed by atoms with Gasteiger partial charge in [0.15, 0.2) is 0 Å². The van der Waals surface area contributed by atoms with E-state index in [2.05, 4.69) is 43.6 Å². The molecule has 0 radical (unpaired) electrons. The number of nitrogens with zero attached hydrogens (tertiary/aromatic N) is 5. The molecule has 0 amide bonds. The Balaban J connectivity index is 1.81. The first kappa shape index (κ1) is 21.2. The first-order valence-corrected chi connectivity index (χ1v) is 11.1. The minimum Gasteiger partial charge on any atom is -0.316 e. The average molecular weight is 478 g/mol. The number of unbranched alkanes of at least 4 members (excludes halogenated alkanes) is 1. The van der Waals surface area contributed by atoms with E-state index < -0.39 is 0 Å². The molecule has 158 valence electrons. The van der Waals surface area contributed by atoms with Gasteiger partial charge in [-0.2, -0.15) is 9.78 Å². The van der Waals surface area contributed by atoms with Gasteiger partial charge in [0, 0.05) is 34.0 Å². The Morgan fingerprint density at radius 1 is 1.19 bits per heavy atom. The molecule has 1 aromatic carbocycles. The summed E-state index contributed by atoms with van der Waals surface area (Å²) < 4.78 is 4.42. The number of aryl methyl sites for hydroxylation is 2. The monoisotopic (exact) mass is 477 g/mol. The van der Waals surface area contributed by atoms with Gasteiger partial charge in [0.1, 0.15) is 5.82 Å². The van der Waals surface area contributed by atoms with Crippen LogP contribution in [-0.4, -0.2) is 25.4 Å². The van der Waals surface area contributed by atoms with Crippen LogP contribution in [0.5, 0.6) is 0 Å². The minimum atomic E-state index is -0.158. The van der Waals surface area contributed by atoms with Gasteiger partial charge in [-0.1, -0.05) is 29.3 Å². The Bertz CT molecular complexity index is 1320. The third kappa shape index (κ3) is 4.23. The standard InChI is InChI=1S/C24H24BrN5O/c1-4-5-8-23-28-22-10-9-19(25)13-21(22)24(31)30(23)27-14-18-12-16(2)29(17(18)3)20-7-6-11-26-15-20/h6-7,9-15H,4-5,8H2,1-3H3. The highest BCUT2D eigenvalue weighted by Crippen LogP contribution is 2.20. The molecule has 4 rings (SSSR count). The molecule has 0 fully saturated rings. The summed E-state index contributed by atoms with van der Waals surface area (Å²) in [6.07, 6.45) is 8.00. The van der Waals surface area contributed by atoms with Gasteiger partial charge in [-0.3, -0.25) is 9.78 Å². The Kier molecular flexibility index (Phi) is 6.13. The van der Waals surface area contributed by atoms with E-state index in [1.54, 1.807) is 18.5 Å². The van der Waals surface area contributed by atoms with Crippen LogP contribution in [0.15, 0.2) is 63.2 Å². The maximum Gasteiger partial charge on any atom is 0.282 e. The highest BCUT2D eigenvalue weighted by atomic mass is 79.9. The predicted octanol–water partition coefficient (Wildman–Crippen LogP) is 5.19.